The predicted molar refractivity (Wildman–Crippen MR) is 164 cm³/mol. The molecule has 8 atom stereocenters. The van der Waals surface area contributed by atoms with Crippen molar-refractivity contribution in [1.29, 1.82) is 0 Å². The lowest BCUT2D eigenvalue weighted by atomic mass is 9.74. The number of hydrogen-bond donors (Lipinski definition) is 1. The number of amides is 1. The molecule has 0 aromatic carbocycles. The van der Waals surface area contributed by atoms with Crippen LogP contribution in [0.15, 0.2) is 18.2 Å². The molecule has 0 aliphatic carbocycles. The number of alkyl carbamates (subject to hydrolysis) is 1. The van der Waals surface area contributed by atoms with Gasteiger partial charge < -0.3 is 19.5 Å². The highest BCUT2D eigenvalue weighted by atomic mass is 32.1. The summed E-state index contributed by atoms with van der Waals surface area (Å²) in [5.74, 6) is -4.18. The SMILES string of the molecule is CC[C@H]1OC(=O)[C@@](C)(F)C(=O)[C@H](C)C[C@](C)(OC/C=C/c2ccc(-c3nnn(C)n3)s2)C[C@@H](C)C(=O)[C@H](C)[C@H]2NC(=O)O[C@@]21C. The Bertz CT molecular complexity index is 1470. The third-order valence-electron chi connectivity index (χ3n) is 8.83. The van der Waals surface area contributed by atoms with E-state index in [2.05, 4.69) is 20.7 Å². The van der Waals surface area contributed by atoms with Gasteiger partial charge in [-0.2, -0.15) is 4.80 Å². The number of tetrazole rings is 1. The molecular formula is C31H42FN5O7S. The maximum Gasteiger partial charge on any atom is 0.408 e. The molecule has 0 bridgehead atoms. The van der Waals surface area contributed by atoms with Crippen molar-refractivity contribution >= 4 is 41.0 Å². The van der Waals surface area contributed by atoms with Crippen molar-refractivity contribution in [3.63, 3.8) is 0 Å². The number of ether oxygens (including phenoxy) is 3. The van der Waals surface area contributed by atoms with Crippen LogP contribution in [0.1, 0.15) is 72.6 Å². The van der Waals surface area contributed by atoms with E-state index in [-0.39, 0.29) is 31.7 Å². The minimum atomic E-state index is -2.96. The smallest absolute Gasteiger partial charge is 0.408 e. The van der Waals surface area contributed by atoms with E-state index in [1.807, 2.05) is 24.3 Å². The largest absolute Gasteiger partial charge is 0.455 e. The molecule has 12 nitrogen and oxygen atoms in total. The Labute approximate surface area is 266 Å². The highest BCUT2D eigenvalue weighted by Crippen LogP contribution is 2.39. The van der Waals surface area contributed by atoms with Gasteiger partial charge in [-0.25, -0.2) is 14.0 Å². The van der Waals surface area contributed by atoms with Crippen LogP contribution in [0, 0.1) is 17.8 Å². The summed E-state index contributed by atoms with van der Waals surface area (Å²) in [7, 11) is 1.69. The molecule has 4 rings (SSSR count). The van der Waals surface area contributed by atoms with Gasteiger partial charge in [-0.05, 0) is 63.5 Å². The number of nitrogens with one attached hydrogen (secondary N) is 1. The molecule has 0 unspecified atom stereocenters. The van der Waals surface area contributed by atoms with Crippen LogP contribution in [-0.2, 0) is 35.6 Å². The molecule has 45 heavy (non-hydrogen) atoms. The van der Waals surface area contributed by atoms with Crippen molar-refractivity contribution in [2.45, 2.75) is 96.7 Å². The van der Waals surface area contributed by atoms with Crippen LogP contribution in [0.2, 0.25) is 0 Å². The van der Waals surface area contributed by atoms with E-state index in [1.54, 1.807) is 41.7 Å². The minimum Gasteiger partial charge on any atom is -0.455 e. The number of carbonyl (C=O) groups is 4. The number of thiophene rings is 1. The average molecular weight is 648 g/mol. The number of aryl methyl sites for hydroxylation is 1. The number of nitrogens with zero attached hydrogens (tertiary/aromatic N) is 4. The van der Waals surface area contributed by atoms with E-state index in [1.165, 1.54) is 23.1 Å². The number of alkyl halides is 1. The zero-order valence-corrected chi connectivity index (χ0v) is 27.8. The first-order chi connectivity index (χ1) is 21.0. The number of rotatable bonds is 6. The summed E-state index contributed by atoms with van der Waals surface area (Å²) >= 11 is 1.48. The van der Waals surface area contributed by atoms with Gasteiger partial charge in [0.15, 0.2) is 11.4 Å². The molecule has 4 heterocycles. The molecule has 246 valence electrons. The molecule has 1 N–H and O–H groups in total. The zero-order valence-electron chi connectivity index (χ0n) is 27.0. The molecule has 2 aromatic rings. The van der Waals surface area contributed by atoms with Crippen LogP contribution in [0.3, 0.4) is 0 Å². The Balaban J connectivity index is 1.59. The topological polar surface area (TPSA) is 152 Å². The van der Waals surface area contributed by atoms with Crippen molar-refractivity contribution in [2.24, 2.45) is 24.8 Å². The highest BCUT2D eigenvalue weighted by molar-refractivity contribution is 7.16. The second kappa shape index (κ2) is 13.1. The second-order valence-corrected chi connectivity index (χ2v) is 13.8. The van der Waals surface area contributed by atoms with Crippen molar-refractivity contribution in [1.82, 2.24) is 25.5 Å². The van der Waals surface area contributed by atoms with Gasteiger partial charge in [-0.3, -0.25) is 9.59 Å². The minimum absolute atomic E-state index is 0.0537. The van der Waals surface area contributed by atoms with Crippen LogP contribution in [0.25, 0.3) is 16.8 Å². The molecule has 2 fully saturated rings. The van der Waals surface area contributed by atoms with Crippen LogP contribution in [0.5, 0.6) is 0 Å². The van der Waals surface area contributed by atoms with Gasteiger partial charge >= 0.3 is 12.1 Å². The van der Waals surface area contributed by atoms with Gasteiger partial charge in [0.2, 0.25) is 5.82 Å². The molecule has 2 saturated heterocycles. The number of ketones is 2. The highest BCUT2D eigenvalue weighted by Gasteiger charge is 2.57. The quantitative estimate of drug-likeness (QED) is 0.351. The fourth-order valence-electron chi connectivity index (χ4n) is 6.52. The summed E-state index contributed by atoms with van der Waals surface area (Å²) in [6, 6.07) is 2.96. The molecule has 14 heteroatoms. The fourth-order valence-corrected chi connectivity index (χ4v) is 7.38. The number of halogens is 1. The Hall–Kier alpha value is -3.52. The normalized spacial score (nSPS) is 35.1. The number of hydrogen-bond acceptors (Lipinski definition) is 11. The second-order valence-electron chi connectivity index (χ2n) is 12.7. The first-order valence-corrected chi connectivity index (χ1v) is 15.9. The first kappa shape index (κ1) is 34.4. The van der Waals surface area contributed by atoms with E-state index < -0.39 is 64.6 Å². The molecule has 2 aliphatic rings. The van der Waals surface area contributed by atoms with Crippen molar-refractivity contribution in [3.05, 3.63) is 23.1 Å². The molecule has 0 radical (unpaired) electrons. The molecule has 0 spiro atoms. The summed E-state index contributed by atoms with van der Waals surface area (Å²) in [5, 5.41) is 14.8. The maximum absolute atomic E-state index is 16.0. The van der Waals surface area contributed by atoms with Gasteiger partial charge in [-0.15, -0.1) is 21.5 Å². The van der Waals surface area contributed by atoms with Gasteiger partial charge in [0, 0.05) is 22.6 Å². The molecule has 2 aromatic heterocycles. The summed E-state index contributed by atoms with van der Waals surface area (Å²) in [5.41, 5.74) is -5.48. The maximum atomic E-state index is 16.0. The summed E-state index contributed by atoms with van der Waals surface area (Å²) in [4.78, 5) is 56.0. The van der Waals surface area contributed by atoms with Gasteiger partial charge in [0.05, 0.1) is 30.2 Å². The Morgan fingerprint density at radius 1 is 1.13 bits per heavy atom. The standard InChI is InChI=1S/C31H42FN5O7S/c1-9-22-31(7)24(33-28(41)44-31)19(4)23(38)17(2)15-29(5,16-18(3)25(39)30(6,32)27(40)43-22)42-14-10-11-20-12-13-21(45-20)26-34-36-37(8)35-26/h10-13,17-19,22,24H,9,14-16H2,1-8H3,(H,33,41)/b11-10+/t17-,18-,19+,22-,24-,29-,30+,31-/m1/s1. The zero-order chi connectivity index (χ0) is 33.3. The van der Waals surface area contributed by atoms with E-state index >= 15 is 4.39 Å². The van der Waals surface area contributed by atoms with Crippen LogP contribution < -0.4 is 5.32 Å². The monoisotopic (exact) mass is 647 g/mol. The van der Waals surface area contributed by atoms with Crippen molar-refractivity contribution in [3.8, 4) is 10.7 Å². The Kier molecular flexibility index (Phi) is 9.98. The number of fused-ring (bicyclic) bond motifs is 1. The van der Waals surface area contributed by atoms with Crippen LogP contribution in [-0.4, -0.2) is 79.5 Å². The molecular weight excluding hydrogens is 605 g/mol. The van der Waals surface area contributed by atoms with Crippen molar-refractivity contribution in [2.75, 3.05) is 6.61 Å². The number of cyclic esters (lactones) is 1. The van der Waals surface area contributed by atoms with Crippen LogP contribution in [0.4, 0.5) is 9.18 Å². The van der Waals surface area contributed by atoms with Gasteiger partial charge in [0.25, 0.3) is 5.67 Å². The summed E-state index contributed by atoms with van der Waals surface area (Å²) < 4.78 is 33.4. The van der Waals surface area contributed by atoms with E-state index in [9.17, 15) is 19.2 Å². The number of carbonyl (C=O) groups excluding carboxylic acids is 4. The third kappa shape index (κ3) is 7.16. The van der Waals surface area contributed by atoms with Crippen LogP contribution >= 0.6 is 11.3 Å². The van der Waals surface area contributed by atoms with E-state index in [4.69, 9.17) is 14.2 Å². The molecule has 0 saturated carbocycles. The van der Waals surface area contributed by atoms with Gasteiger partial charge in [0.1, 0.15) is 11.9 Å². The lowest BCUT2D eigenvalue weighted by Crippen LogP contribution is -2.58. The van der Waals surface area contributed by atoms with E-state index in [0.717, 1.165) is 16.7 Å². The molecule has 2 aliphatic heterocycles. The summed E-state index contributed by atoms with van der Waals surface area (Å²) in [6.07, 6.45) is 2.25. The first-order valence-electron chi connectivity index (χ1n) is 15.1. The average Bonchev–Trinajstić information content (AvgIpc) is 3.70. The lowest BCUT2D eigenvalue weighted by molar-refractivity contribution is -0.180. The number of aromatic nitrogens is 4. The van der Waals surface area contributed by atoms with E-state index in [0.29, 0.717) is 5.82 Å². The third-order valence-corrected chi connectivity index (χ3v) is 9.88. The Morgan fingerprint density at radius 3 is 2.47 bits per heavy atom. The predicted octanol–water partition coefficient (Wildman–Crippen LogP) is 4.48. The Morgan fingerprint density at radius 2 is 1.82 bits per heavy atom. The number of Topliss-reactive ketones (excluding diaryl/α,β-unsaturated/α-hetero) is 2. The summed E-state index contributed by atoms with van der Waals surface area (Å²) in [6.45, 7) is 11.1. The van der Waals surface area contributed by atoms with Gasteiger partial charge in [-0.1, -0.05) is 33.8 Å². The van der Waals surface area contributed by atoms with Crippen molar-refractivity contribution < 1.29 is 37.8 Å². The molecule has 1 amide bonds. The number of esters is 1. The fraction of sp³-hybridized carbons (Fsp3) is 0.645. The lowest BCUT2D eigenvalue weighted by Gasteiger charge is -2.40.